The second-order valence-electron chi connectivity index (χ2n) is 3.75. The van der Waals surface area contributed by atoms with Gasteiger partial charge in [-0.15, -0.1) is 11.6 Å². The van der Waals surface area contributed by atoms with Gasteiger partial charge in [0.2, 0.25) is 10.0 Å². The molecule has 0 aromatic carbocycles. The molecule has 108 valence electrons. The van der Waals surface area contributed by atoms with Crippen LogP contribution in [0.4, 0.5) is 18.9 Å². The average molecular weight is 317 g/mol. The van der Waals surface area contributed by atoms with Gasteiger partial charge in [0.15, 0.2) is 0 Å². The van der Waals surface area contributed by atoms with E-state index in [1.165, 1.54) is 0 Å². The first-order valence-electron chi connectivity index (χ1n) is 5.34. The van der Waals surface area contributed by atoms with Gasteiger partial charge in [-0.2, -0.15) is 13.2 Å². The molecule has 0 aliphatic rings. The highest BCUT2D eigenvalue weighted by atomic mass is 35.5. The van der Waals surface area contributed by atoms with E-state index in [0.717, 1.165) is 18.3 Å². The van der Waals surface area contributed by atoms with E-state index < -0.39 is 21.9 Å². The normalized spacial score (nSPS) is 12.4. The van der Waals surface area contributed by atoms with Crippen LogP contribution in [0, 0.1) is 0 Å². The van der Waals surface area contributed by atoms with Gasteiger partial charge in [0, 0.05) is 5.88 Å². The monoisotopic (exact) mass is 316 g/mol. The molecule has 1 aromatic heterocycles. The number of aromatic nitrogens is 1. The van der Waals surface area contributed by atoms with Crippen LogP contribution in [-0.2, 0) is 16.2 Å². The molecule has 1 heterocycles. The molecular formula is C10H12ClF3N2O2S. The summed E-state index contributed by atoms with van der Waals surface area (Å²) in [7, 11) is -3.59. The molecule has 0 saturated heterocycles. The van der Waals surface area contributed by atoms with Gasteiger partial charge < -0.3 is 0 Å². The standard InChI is InChI=1S/C10H12ClF3N2O2S/c11-5-1-2-6-19(17,18)16-8-3-4-9(15-7-8)10(12,13)14/h3-4,7,16H,1-2,5-6H2. The summed E-state index contributed by atoms with van der Waals surface area (Å²) < 4.78 is 62.0. The topological polar surface area (TPSA) is 59.1 Å². The molecule has 1 aromatic rings. The lowest BCUT2D eigenvalue weighted by atomic mass is 10.3. The molecular weight excluding hydrogens is 305 g/mol. The maximum atomic E-state index is 12.2. The molecule has 1 N–H and O–H groups in total. The van der Waals surface area contributed by atoms with Gasteiger partial charge in [0.05, 0.1) is 17.6 Å². The van der Waals surface area contributed by atoms with E-state index in [0.29, 0.717) is 18.7 Å². The third-order valence-electron chi connectivity index (χ3n) is 2.12. The Bertz CT molecular complexity index is 503. The highest BCUT2D eigenvalue weighted by Crippen LogP contribution is 2.27. The fourth-order valence-electron chi connectivity index (χ4n) is 1.24. The smallest absolute Gasteiger partial charge is 0.282 e. The van der Waals surface area contributed by atoms with Crippen LogP contribution in [0.5, 0.6) is 0 Å². The molecule has 0 atom stereocenters. The number of hydrogen-bond donors (Lipinski definition) is 1. The Morgan fingerprint density at radius 3 is 2.42 bits per heavy atom. The van der Waals surface area contributed by atoms with Gasteiger partial charge in [0.1, 0.15) is 5.69 Å². The minimum absolute atomic E-state index is 0.00104. The van der Waals surface area contributed by atoms with Gasteiger partial charge in [-0.05, 0) is 25.0 Å². The zero-order valence-corrected chi connectivity index (χ0v) is 11.3. The number of nitrogens with zero attached hydrogens (tertiary/aromatic N) is 1. The summed E-state index contributed by atoms with van der Waals surface area (Å²) in [5.41, 5.74) is -1.07. The average Bonchev–Trinajstić information content (AvgIpc) is 2.28. The molecule has 0 unspecified atom stereocenters. The van der Waals surface area contributed by atoms with E-state index in [9.17, 15) is 21.6 Å². The zero-order valence-electron chi connectivity index (χ0n) is 9.74. The summed E-state index contributed by atoms with van der Waals surface area (Å²) in [5.74, 6) is 0.220. The molecule has 0 saturated carbocycles. The zero-order chi connectivity index (χ0) is 14.5. The van der Waals surface area contributed by atoms with Crippen LogP contribution >= 0.6 is 11.6 Å². The van der Waals surface area contributed by atoms with Crippen molar-refractivity contribution in [2.24, 2.45) is 0 Å². The summed E-state index contributed by atoms with van der Waals surface area (Å²) in [6, 6.07) is 1.74. The van der Waals surface area contributed by atoms with E-state index in [-0.39, 0.29) is 11.4 Å². The molecule has 19 heavy (non-hydrogen) atoms. The summed E-state index contributed by atoms with van der Waals surface area (Å²) in [6.45, 7) is 0. The molecule has 0 spiro atoms. The first-order chi connectivity index (χ1) is 8.74. The van der Waals surface area contributed by atoms with Crippen LogP contribution in [0.2, 0.25) is 0 Å². The van der Waals surface area contributed by atoms with E-state index >= 15 is 0 Å². The second kappa shape index (κ2) is 6.42. The number of nitrogens with one attached hydrogen (secondary N) is 1. The number of rotatable bonds is 6. The van der Waals surface area contributed by atoms with E-state index in [1.807, 2.05) is 0 Å². The third kappa shape index (κ3) is 5.65. The van der Waals surface area contributed by atoms with Crippen LogP contribution < -0.4 is 4.72 Å². The maximum Gasteiger partial charge on any atom is 0.433 e. The Morgan fingerprint density at radius 2 is 1.95 bits per heavy atom. The fourth-order valence-corrected chi connectivity index (χ4v) is 2.59. The molecule has 1 rings (SSSR count). The molecule has 0 radical (unpaired) electrons. The van der Waals surface area contributed by atoms with Crippen LogP contribution in [0.25, 0.3) is 0 Å². The van der Waals surface area contributed by atoms with Crippen molar-refractivity contribution in [1.29, 1.82) is 0 Å². The van der Waals surface area contributed by atoms with Crippen molar-refractivity contribution in [3.05, 3.63) is 24.0 Å². The first kappa shape index (κ1) is 16.0. The summed E-state index contributed by atoms with van der Waals surface area (Å²) in [6.07, 6.45) is -2.78. The largest absolute Gasteiger partial charge is 0.433 e. The Balaban J connectivity index is 2.67. The first-order valence-corrected chi connectivity index (χ1v) is 7.53. The summed E-state index contributed by atoms with van der Waals surface area (Å²) >= 11 is 5.42. The highest BCUT2D eigenvalue weighted by molar-refractivity contribution is 7.92. The number of anilines is 1. The van der Waals surface area contributed by atoms with Crippen LogP contribution in [0.1, 0.15) is 18.5 Å². The van der Waals surface area contributed by atoms with Crippen molar-refractivity contribution in [2.45, 2.75) is 19.0 Å². The fraction of sp³-hybridized carbons (Fsp3) is 0.500. The van der Waals surface area contributed by atoms with Crippen LogP contribution in [-0.4, -0.2) is 25.0 Å². The van der Waals surface area contributed by atoms with Gasteiger partial charge >= 0.3 is 6.18 Å². The molecule has 9 heteroatoms. The Kier molecular flexibility index (Phi) is 5.42. The second-order valence-corrected chi connectivity index (χ2v) is 5.97. The number of halogens is 4. The summed E-state index contributed by atoms with van der Waals surface area (Å²) in [5, 5.41) is 0. The van der Waals surface area contributed by atoms with Crippen molar-refractivity contribution in [3.63, 3.8) is 0 Å². The molecule has 0 amide bonds. The lowest BCUT2D eigenvalue weighted by Gasteiger charge is -2.09. The number of unbranched alkanes of at least 4 members (excludes halogenated alkanes) is 1. The third-order valence-corrected chi connectivity index (χ3v) is 3.76. The van der Waals surface area contributed by atoms with Crippen molar-refractivity contribution in [2.75, 3.05) is 16.4 Å². The van der Waals surface area contributed by atoms with Crippen LogP contribution in [0.3, 0.4) is 0 Å². The molecule has 0 fully saturated rings. The lowest BCUT2D eigenvalue weighted by Crippen LogP contribution is -2.17. The Hall–Kier alpha value is -1.02. The van der Waals surface area contributed by atoms with Gasteiger partial charge in [-0.25, -0.2) is 13.4 Å². The van der Waals surface area contributed by atoms with Gasteiger partial charge in [-0.1, -0.05) is 0 Å². The Morgan fingerprint density at radius 1 is 1.26 bits per heavy atom. The number of hydrogen-bond acceptors (Lipinski definition) is 3. The highest BCUT2D eigenvalue weighted by Gasteiger charge is 2.32. The number of pyridine rings is 1. The molecule has 4 nitrogen and oxygen atoms in total. The maximum absolute atomic E-state index is 12.2. The van der Waals surface area contributed by atoms with E-state index in [1.54, 1.807) is 0 Å². The van der Waals surface area contributed by atoms with Crippen molar-refractivity contribution in [1.82, 2.24) is 4.98 Å². The molecule has 0 aliphatic carbocycles. The van der Waals surface area contributed by atoms with E-state index in [2.05, 4.69) is 9.71 Å². The predicted octanol–water partition coefficient (Wildman–Crippen LogP) is 2.86. The van der Waals surface area contributed by atoms with Gasteiger partial charge in [-0.3, -0.25) is 4.72 Å². The van der Waals surface area contributed by atoms with Crippen molar-refractivity contribution < 1.29 is 21.6 Å². The molecule has 0 bridgehead atoms. The SMILES string of the molecule is O=S(=O)(CCCCCl)Nc1ccc(C(F)(F)F)nc1. The number of alkyl halides is 4. The minimum atomic E-state index is -4.54. The Labute approximate surface area is 114 Å². The predicted molar refractivity (Wildman–Crippen MR) is 66.6 cm³/mol. The molecule has 0 aliphatic heterocycles. The summed E-state index contributed by atoms with van der Waals surface area (Å²) in [4.78, 5) is 3.16. The van der Waals surface area contributed by atoms with Crippen molar-refractivity contribution >= 4 is 27.3 Å². The lowest BCUT2D eigenvalue weighted by molar-refractivity contribution is -0.141. The van der Waals surface area contributed by atoms with E-state index in [4.69, 9.17) is 11.6 Å². The van der Waals surface area contributed by atoms with Crippen LogP contribution in [0.15, 0.2) is 18.3 Å². The minimum Gasteiger partial charge on any atom is -0.282 e. The van der Waals surface area contributed by atoms with Gasteiger partial charge in [0.25, 0.3) is 0 Å². The number of sulfonamides is 1. The quantitative estimate of drug-likeness (QED) is 0.648. The van der Waals surface area contributed by atoms with Crippen molar-refractivity contribution in [3.8, 4) is 0 Å².